The Morgan fingerprint density at radius 2 is 1.91 bits per heavy atom. The maximum absolute atomic E-state index is 12.1. The number of halogens is 2. The maximum Gasteiger partial charge on any atom is 0.264 e. The van der Waals surface area contributed by atoms with Crippen molar-refractivity contribution in [3.8, 4) is 0 Å². The van der Waals surface area contributed by atoms with Crippen LogP contribution < -0.4 is 0 Å². The number of hydrogen-bond acceptors (Lipinski definition) is 1. The Morgan fingerprint density at radius 1 is 1.27 bits per heavy atom. The molecular formula is C8H14F2O. The van der Waals surface area contributed by atoms with Crippen molar-refractivity contribution >= 4 is 0 Å². The SMILES string of the molecule is C[C@@H]1OC(C(F)F)CC[C@@H]1C. The highest BCUT2D eigenvalue weighted by Gasteiger charge is 2.30. The van der Waals surface area contributed by atoms with E-state index >= 15 is 0 Å². The molecule has 3 atom stereocenters. The third-order valence-electron chi connectivity index (χ3n) is 2.38. The van der Waals surface area contributed by atoms with E-state index in [0.717, 1.165) is 6.42 Å². The second-order valence-electron chi connectivity index (χ2n) is 3.27. The summed E-state index contributed by atoms with van der Waals surface area (Å²) < 4.78 is 29.3. The predicted molar refractivity (Wildman–Crippen MR) is 38.7 cm³/mol. The van der Waals surface area contributed by atoms with Crippen molar-refractivity contribution in [3.05, 3.63) is 0 Å². The van der Waals surface area contributed by atoms with E-state index in [1.165, 1.54) is 0 Å². The molecular weight excluding hydrogens is 150 g/mol. The monoisotopic (exact) mass is 164 g/mol. The van der Waals surface area contributed by atoms with Crippen LogP contribution >= 0.6 is 0 Å². The lowest BCUT2D eigenvalue weighted by Gasteiger charge is -2.32. The molecule has 1 nitrogen and oxygen atoms in total. The number of ether oxygens (including phenoxy) is 1. The van der Waals surface area contributed by atoms with Gasteiger partial charge in [0.1, 0.15) is 6.10 Å². The molecule has 0 amide bonds. The average Bonchev–Trinajstić information content (AvgIpc) is 1.94. The van der Waals surface area contributed by atoms with Gasteiger partial charge in [-0.2, -0.15) is 0 Å². The van der Waals surface area contributed by atoms with Gasteiger partial charge in [0.15, 0.2) is 0 Å². The van der Waals surface area contributed by atoms with Gasteiger partial charge < -0.3 is 4.74 Å². The third kappa shape index (κ3) is 2.12. The highest BCUT2D eigenvalue weighted by atomic mass is 19.3. The summed E-state index contributed by atoms with van der Waals surface area (Å²) in [6, 6.07) is 0. The third-order valence-corrected chi connectivity index (χ3v) is 2.38. The van der Waals surface area contributed by atoms with E-state index in [2.05, 4.69) is 0 Å². The van der Waals surface area contributed by atoms with Crippen LogP contribution in [0.5, 0.6) is 0 Å². The normalized spacial score (nSPS) is 39.5. The van der Waals surface area contributed by atoms with E-state index in [1.807, 2.05) is 13.8 Å². The molecule has 11 heavy (non-hydrogen) atoms. The van der Waals surface area contributed by atoms with Crippen molar-refractivity contribution in [2.24, 2.45) is 5.92 Å². The van der Waals surface area contributed by atoms with Crippen LogP contribution in [0, 0.1) is 5.92 Å². The van der Waals surface area contributed by atoms with Gasteiger partial charge in [-0.25, -0.2) is 8.78 Å². The minimum absolute atomic E-state index is 0.0113. The molecule has 0 aromatic heterocycles. The molecule has 0 radical (unpaired) electrons. The first-order chi connectivity index (χ1) is 5.11. The molecule has 3 heteroatoms. The highest BCUT2D eigenvalue weighted by Crippen LogP contribution is 2.27. The van der Waals surface area contributed by atoms with Gasteiger partial charge in [-0.3, -0.25) is 0 Å². The van der Waals surface area contributed by atoms with Gasteiger partial charge in [0.25, 0.3) is 6.43 Å². The summed E-state index contributed by atoms with van der Waals surface area (Å²) in [4.78, 5) is 0. The van der Waals surface area contributed by atoms with Crippen molar-refractivity contribution in [3.63, 3.8) is 0 Å². The minimum Gasteiger partial charge on any atom is -0.369 e. The van der Waals surface area contributed by atoms with Gasteiger partial charge in [-0.15, -0.1) is 0 Å². The second kappa shape index (κ2) is 3.48. The summed E-state index contributed by atoms with van der Waals surface area (Å²) in [5.74, 6) is 0.421. The van der Waals surface area contributed by atoms with E-state index in [0.29, 0.717) is 12.3 Å². The lowest BCUT2D eigenvalue weighted by Crippen LogP contribution is -2.35. The molecule has 1 heterocycles. The van der Waals surface area contributed by atoms with E-state index in [1.54, 1.807) is 0 Å². The number of alkyl halides is 2. The smallest absolute Gasteiger partial charge is 0.264 e. The van der Waals surface area contributed by atoms with E-state index in [9.17, 15) is 8.78 Å². The van der Waals surface area contributed by atoms with Crippen LogP contribution in [-0.2, 0) is 4.74 Å². The molecule has 0 aliphatic carbocycles. The topological polar surface area (TPSA) is 9.23 Å². The van der Waals surface area contributed by atoms with Crippen molar-refractivity contribution in [2.75, 3.05) is 0 Å². The van der Waals surface area contributed by atoms with Crippen LogP contribution in [0.15, 0.2) is 0 Å². The van der Waals surface area contributed by atoms with Crippen molar-refractivity contribution in [1.29, 1.82) is 0 Å². The summed E-state index contributed by atoms with van der Waals surface area (Å²) in [6.45, 7) is 3.89. The second-order valence-corrected chi connectivity index (χ2v) is 3.27. The van der Waals surface area contributed by atoms with E-state index in [4.69, 9.17) is 4.74 Å². The number of hydrogen-bond donors (Lipinski definition) is 0. The standard InChI is InChI=1S/C8H14F2O/c1-5-3-4-7(8(9)10)11-6(5)2/h5-8H,3-4H2,1-2H3/t5-,6-,7?/m0/s1. The van der Waals surface area contributed by atoms with Gasteiger partial charge in [-0.05, 0) is 25.7 Å². The summed E-state index contributed by atoms with van der Waals surface area (Å²) in [5.41, 5.74) is 0. The molecule has 1 aliphatic rings. The van der Waals surface area contributed by atoms with Crippen molar-refractivity contribution in [2.45, 2.75) is 45.3 Å². The summed E-state index contributed by atoms with van der Waals surface area (Å²) in [7, 11) is 0. The Balaban J connectivity index is 2.40. The molecule has 1 fully saturated rings. The summed E-state index contributed by atoms with van der Waals surface area (Å²) in [5, 5.41) is 0. The molecule has 0 N–H and O–H groups in total. The van der Waals surface area contributed by atoms with E-state index < -0.39 is 12.5 Å². The number of rotatable bonds is 1. The Morgan fingerprint density at radius 3 is 2.36 bits per heavy atom. The average molecular weight is 164 g/mol. The Labute approximate surface area is 65.7 Å². The van der Waals surface area contributed by atoms with Gasteiger partial charge in [0, 0.05) is 0 Å². The van der Waals surface area contributed by atoms with Gasteiger partial charge in [-0.1, -0.05) is 6.92 Å². The Bertz CT molecular complexity index is 127. The lowest BCUT2D eigenvalue weighted by atomic mass is 9.94. The zero-order valence-electron chi connectivity index (χ0n) is 6.89. The van der Waals surface area contributed by atoms with Gasteiger partial charge >= 0.3 is 0 Å². The van der Waals surface area contributed by atoms with Crippen LogP contribution in [0.4, 0.5) is 8.78 Å². The zero-order chi connectivity index (χ0) is 8.43. The first-order valence-electron chi connectivity index (χ1n) is 4.05. The molecule has 1 aliphatic heterocycles. The van der Waals surface area contributed by atoms with Gasteiger partial charge in [0.05, 0.1) is 6.10 Å². The van der Waals surface area contributed by atoms with Crippen LogP contribution in [0.2, 0.25) is 0 Å². The fourth-order valence-corrected chi connectivity index (χ4v) is 1.33. The predicted octanol–water partition coefficient (Wildman–Crippen LogP) is 2.46. The summed E-state index contributed by atoms with van der Waals surface area (Å²) in [6.07, 6.45) is -1.78. The lowest BCUT2D eigenvalue weighted by molar-refractivity contribution is -0.130. The summed E-state index contributed by atoms with van der Waals surface area (Å²) >= 11 is 0. The molecule has 0 spiro atoms. The Hall–Kier alpha value is -0.180. The maximum atomic E-state index is 12.1. The van der Waals surface area contributed by atoms with Crippen LogP contribution in [-0.4, -0.2) is 18.6 Å². The van der Waals surface area contributed by atoms with Crippen LogP contribution in [0.1, 0.15) is 26.7 Å². The minimum atomic E-state index is -2.31. The molecule has 0 bridgehead atoms. The van der Waals surface area contributed by atoms with Crippen molar-refractivity contribution in [1.82, 2.24) is 0 Å². The largest absolute Gasteiger partial charge is 0.369 e. The fourth-order valence-electron chi connectivity index (χ4n) is 1.33. The van der Waals surface area contributed by atoms with Crippen LogP contribution in [0.25, 0.3) is 0 Å². The molecule has 0 aromatic carbocycles. The quantitative estimate of drug-likeness (QED) is 0.578. The molecule has 1 saturated heterocycles. The van der Waals surface area contributed by atoms with Crippen molar-refractivity contribution < 1.29 is 13.5 Å². The Kier molecular flexibility index (Phi) is 2.82. The molecule has 0 saturated carbocycles. The van der Waals surface area contributed by atoms with E-state index in [-0.39, 0.29) is 6.10 Å². The van der Waals surface area contributed by atoms with Gasteiger partial charge in [0.2, 0.25) is 0 Å². The van der Waals surface area contributed by atoms with Crippen LogP contribution in [0.3, 0.4) is 0 Å². The molecule has 1 unspecified atom stereocenters. The highest BCUT2D eigenvalue weighted by molar-refractivity contribution is 4.74. The molecule has 1 rings (SSSR count). The zero-order valence-corrected chi connectivity index (χ0v) is 6.89. The first-order valence-corrected chi connectivity index (χ1v) is 4.05. The fraction of sp³-hybridized carbons (Fsp3) is 1.00. The molecule has 66 valence electrons. The molecule has 0 aromatic rings. The first kappa shape index (κ1) is 8.91.